The molecule has 0 saturated heterocycles. The molecule has 0 rings (SSSR count). The van der Waals surface area contributed by atoms with Gasteiger partial charge < -0.3 is 4.74 Å². The maximum atomic E-state index is 12.3. The maximum absolute atomic E-state index is 12.3. The lowest BCUT2D eigenvalue weighted by Gasteiger charge is -2.28. The average molecular weight is 411 g/mol. The zero-order valence-electron chi connectivity index (χ0n) is 19.8. The van der Waals surface area contributed by atoms with E-state index in [1.54, 1.807) is 0 Å². The molecular weight excluding hydrogens is 360 g/mol. The van der Waals surface area contributed by atoms with Gasteiger partial charge in [0.1, 0.15) is 0 Å². The van der Waals surface area contributed by atoms with Crippen LogP contribution in [0.3, 0.4) is 0 Å². The summed E-state index contributed by atoms with van der Waals surface area (Å²) in [7, 11) is -1.66. The third-order valence-electron chi connectivity index (χ3n) is 6.65. The van der Waals surface area contributed by atoms with E-state index in [0.717, 1.165) is 29.7 Å². The van der Waals surface area contributed by atoms with E-state index < -0.39 is 8.07 Å². The first-order valence-electron chi connectivity index (χ1n) is 12.4. The van der Waals surface area contributed by atoms with Crippen LogP contribution in [0.25, 0.3) is 0 Å². The van der Waals surface area contributed by atoms with Gasteiger partial charge in [-0.1, -0.05) is 136 Å². The van der Waals surface area contributed by atoms with Crippen LogP contribution in [0, 0.1) is 0 Å². The molecule has 0 aromatic rings. The molecular formula is C25H50O2Si. The van der Waals surface area contributed by atoms with Gasteiger partial charge in [-0.2, -0.15) is 0 Å². The molecule has 0 saturated carbocycles. The normalized spacial score (nSPS) is 11.6. The van der Waals surface area contributed by atoms with Crippen LogP contribution in [0.1, 0.15) is 118 Å². The van der Waals surface area contributed by atoms with Crippen molar-refractivity contribution in [1.82, 2.24) is 0 Å². The minimum atomic E-state index is -1.66. The Balaban J connectivity index is 3.52. The summed E-state index contributed by atoms with van der Waals surface area (Å²) >= 11 is 0. The SMILES string of the molecule is C=C(C(=O)OCCCCCCCCCCCCCCCC)[Si](CC)(CC)CC. The van der Waals surface area contributed by atoms with Crippen molar-refractivity contribution < 1.29 is 9.53 Å². The monoisotopic (exact) mass is 410 g/mol. The zero-order chi connectivity index (χ0) is 21.1. The van der Waals surface area contributed by atoms with Gasteiger partial charge in [0, 0.05) is 5.20 Å². The Bertz CT molecular complexity index is 380. The van der Waals surface area contributed by atoms with E-state index in [2.05, 4.69) is 34.3 Å². The summed E-state index contributed by atoms with van der Waals surface area (Å²) in [6.45, 7) is 13.6. The van der Waals surface area contributed by atoms with Gasteiger partial charge in [-0.3, -0.25) is 0 Å². The van der Waals surface area contributed by atoms with Crippen molar-refractivity contribution in [3.8, 4) is 0 Å². The number of hydrogen-bond acceptors (Lipinski definition) is 2. The number of esters is 1. The quantitative estimate of drug-likeness (QED) is 0.0868. The lowest BCUT2D eigenvalue weighted by atomic mass is 10.0. The van der Waals surface area contributed by atoms with Crippen LogP contribution in [0.15, 0.2) is 11.8 Å². The molecule has 0 bridgehead atoms. The van der Waals surface area contributed by atoms with E-state index >= 15 is 0 Å². The fourth-order valence-corrected chi connectivity index (χ4v) is 7.44. The molecule has 0 aliphatic carbocycles. The molecule has 28 heavy (non-hydrogen) atoms. The van der Waals surface area contributed by atoms with E-state index in [1.165, 1.54) is 83.5 Å². The fraction of sp³-hybridized carbons (Fsp3) is 0.880. The fourth-order valence-electron chi connectivity index (χ4n) is 4.16. The van der Waals surface area contributed by atoms with Crippen LogP contribution >= 0.6 is 0 Å². The molecule has 3 heteroatoms. The Morgan fingerprint density at radius 3 is 1.36 bits per heavy atom. The van der Waals surface area contributed by atoms with Crippen LogP contribution in [0.2, 0.25) is 18.1 Å². The highest BCUT2D eigenvalue weighted by Crippen LogP contribution is 2.28. The third kappa shape index (κ3) is 12.1. The molecule has 166 valence electrons. The van der Waals surface area contributed by atoms with Crippen molar-refractivity contribution in [2.45, 2.75) is 136 Å². The van der Waals surface area contributed by atoms with Crippen LogP contribution in [0.4, 0.5) is 0 Å². The summed E-state index contributed by atoms with van der Waals surface area (Å²) in [4.78, 5) is 12.3. The smallest absolute Gasteiger partial charge is 0.329 e. The van der Waals surface area contributed by atoms with Gasteiger partial charge in [-0.25, -0.2) is 4.79 Å². The topological polar surface area (TPSA) is 26.3 Å². The van der Waals surface area contributed by atoms with E-state index in [4.69, 9.17) is 4.74 Å². The lowest BCUT2D eigenvalue weighted by Crippen LogP contribution is -2.38. The summed E-state index contributed by atoms with van der Waals surface area (Å²) in [5.74, 6) is -0.119. The highest BCUT2D eigenvalue weighted by atomic mass is 28.3. The van der Waals surface area contributed by atoms with Gasteiger partial charge in [0.15, 0.2) is 0 Å². The summed E-state index contributed by atoms with van der Waals surface area (Å²) in [5.41, 5.74) is 0. The Morgan fingerprint density at radius 1 is 0.643 bits per heavy atom. The predicted molar refractivity (Wildman–Crippen MR) is 128 cm³/mol. The second-order valence-electron chi connectivity index (χ2n) is 8.55. The van der Waals surface area contributed by atoms with Crippen molar-refractivity contribution in [2.24, 2.45) is 0 Å². The van der Waals surface area contributed by atoms with Crippen molar-refractivity contribution in [3.63, 3.8) is 0 Å². The molecule has 0 heterocycles. The predicted octanol–water partition coefficient (Wildman–Crippen LogP) is 8.61. The lowest BCUT2D eigenvalue weighted by molar-refractivity contribution is -0.138. The van der Waals surface area contributed by atoms with E-state index in [1.807, 2.05) is 0 Å². The number of unbranched alkanes of at least 4 members (excludes halogenated alkanes) is 13. The Labute approximate surface area is 177 Å². The third-order valence-corrected chi connectivity index (χ3v) is 12.2. The molecule has 0 radical (unpaired) electrons. The molecule has 0 aromatic carbocycles. The maximum Gasteiger partial charge on any atom is 0.329 e. The van der Waals surface area contributed by atoms with Crippen molar-refractivity contribution in [1.29, 1.82) is 0 Å². The zero-order valence-corrected chi connectivity index (χ0v) is 20.8. The van der Waals surface area contributed by atoms with Crippen molar-refractivity contribution in [3.05, 3.63) is 11.8 Å². The molecule has 0 spiro atoms. The molecule has 0 amide bonds. The first-order valence-corrected chi connectivity index (χ1v) is 15.1. The minimum absolute atomic E-state index is 0.119. The van der Waals surface area contributed by atoms with Crippen LogP contribution in [0.5, 0.6) is 0 Å². The summed E-state index contributed by atoms with van der Waals surface area (Å²) < 4.78 is 5.52. The Hall–Kier alpha value is -0.573. The van der Waals surface area contributed by atoms with Gasteiger partial charge in [-0.15, -0.1) is 0 Å². The van der Waals surface area contributed by atoms with Gasteiger partial charge in [0.25, 0.3) is 0 Å². The first-order chi connectivity index (χ1) is 13.6. The standard InChI is InChI=1S/C25H50O2Si/c1-6-10-11-12-13-14-15-16-17-18-19-20-21-22-23-27-25(26)24(5)28(7-2,8-3)9-4/h5-23H2,1-4H3. The molecule has 0 atom stereocenters. The van der Waals surface area contributed by atoms with Crippen LogP contribution in [-0.2, 0) is 9.53 Å². The van der Waals surface area contributed by atoms with E-state index in [-0.39, 0.29) is 5.97 Å². The minimum Gasteiger partial charge on any atom is -0.463 e. The second kappa shape index (κ2) is 18.5. The van der Waals surface area contributed by atoms with Crippen LogP contribution < -0.4 is 0 Å². The Morgan fingerprint density at radius 2 is 1.00 bits per heavy atom. The highest BCUT2D eigenvalue weighted by Gasteiger charge is 2.34. The number of carbonyl (C=O) groups excluding carboxylic acids is 1. The van der Waals surface area contributed by atoms with Gasteiger partial charge >= 0.3 is 5.97 Å². The Kier molecular flexibility index (Phi) is 18.1. The number of hydrogen-bond donors (Lipinski definition) is 0. The molecule has 0 unspecified atom stereocenters. The van der Waals surface area contributed by atoms with E-state index in [0.29, 0.717) is 6.61 Å². The largest absolute Gasteiger partial charge is 0.463 e. The summed E-state index contributed by atoms with van der Waals surface area (Å²) in [5, 5.41) is 0.811. The summed E-state index contributed by atoms with van der Waals surface area (Å²) in [6.07, 6.45) is 18.8. The number of rotatable bonds is 20. The number of ether oxygens (including phenoxy) is 1. The molecule has 0 N–H and O–H groups in total. The average Bonchev–Trinajstić information content (AvgIpc) is 2.72. The van der Waals surface area contributed by atoms with Gasteiger partial charge in [0.05, 0.1) is 14.7 Å². The van der Waals surface area contributed by atoms with E-state index in [9.17, 15) is 4.79 Å². The van der Waals surface area contributed by atoms with Gasteiger partial charge in [-0.05, 0) is 6.42 Å². The second-order valence-corrected chi connectivity index (χ2v) is 13.8. The molecule has 2 nitrogen and oxygen atoms in total. The molecule has 0 aromatic heterocycles. The first kappa shape index (κ1) is 27.4. The molecule has 0 fully saturated rings. The molecule has 0 aliphatic rings. The van der Waals surface area contributed by atoms with Crippen molar-refractivity contribution >= 4 is 14.0 Å². The molecule has 0 aliphatic heterocycles. The van der Waals surface area contributed by atoms with Crippen molar-refractivity contribution in [2.75, 3.05) is 6.61 Å². The highest BCUT2D eigenvalue weighted by molar-refractivity contribution is 6.89. The van der Waals surface area contributed by atoms with Crippen LogP contribution in [-0.4, -0.2) is 20.7 Å². The van der Waals surface area contributed by atoms with Gasteiger partial charge in [0.2, 0.25) is 0 Å². The summed E-state index contributed by atoms with van der Waals surface area (Å²) in [6, 6.07) is 3.27. The number of carbonyl (C=O) groups is 1.